The van der Waals surface area contributed by atoms with Crippen LogP contribution in [0.5, 0.6) is 17.2 Å². The molecular weight excluding hydrogens is 308 g/mol. The molecule has 0 aliphatic heterocycles. The molecule has 1 aromatic carbocycles. The second kappa shape index (κ2) is 7.43. The molecule has 2 aromatic rings. The van der Waals surface area contributed by atoms with Crippen molar-refractivity contribution in [3.8, 4) is 17.2 Å². The molecule has 24 heavy (non-hydrogen) atoms. The largest absolute Gasteiger partial charge is 0.504 e. The van der Waals surface area contributed by atoms with Crippen LogP contribution in [-0.2, 0) is 0 Å². The molecule has 0 bridgehead atoms. The average Bonchev–Trinajstić information content (AvgIpc) is 2.49. The Labute approximate surface area is 141 Å². The van der Waals surface area contributed by atoms with E-state index in [1.165, 1.54) is 0 Å². The number of allylic oxidation sites excluding steroid dienone is 1. The van der Waals surface area contributed by atoms with Gasteiger partial charge >= 0.3 is 5.63 Å². The summed E-state index contributed by atoms with van der Waals surface area (Å²) in [4.78, 5) is 12.2. The van der Waals surface area contributed by atoms with Crippen molar-refractivity contribution in [2.24, 2.45) is 0 Å². The van der Waals surface area contributed by atoms with Gasteiger partial charge in [0.2, 0.25) is 5.75 Å². The normalized spacial score (nSPS) is 12.0. The highest BCUT2D eigenvalue weighted by Gasteiger charge is 2.20. The Kier molecular flexibility index (Phi) is 5.54. The van der Waals surface area contributed by atoms with Crippen LogP contribution in [0.4, 0.5) is 0 Å². The standard InChI is InChI=1S/C19H24O5/c1-5-6-7-8-12-22-17-15(20)13-10-9-11-14(24-19(2,3)4)16(13)23-18(17)21/h6-7,9-11,20H,5,8,12H2,1-4H3. The first-order chi connectivity index (χ1) is 11.3. The van der Waals surface area contributed by atoms with E-state index in [9.17, 15) is 9.90 Å². The minimum Gasteiger partial charge on any atom is -0.504 e. The molecule has 0 unspecified atom stereocenters. The van der Waals surface area contributed by atoms with E-state index in [0.29, 0.717) is 24.2 Å². The van der Waals surface area contributed by atoms with Crippen LogP contribution in [-0.4, -0.2) is 17.3 Å². The summed E-state index contributed by atoms with van der Waals surface area (Å²) in [6.07, 6.45) is 5.58. The first-order valence-corrected chi connectivity index (χ1v) is 8.09. The van der Waals surface area contributed by atoms with Gasteiger partial charge in [0, 0.05) is 0 Å². The van der Waals surface area contributed by atoms with Gasteiger partial charge in [-0.2, -0.15) is 0 Å². The first kappa shape index (κ1) is 17.9. The zero-order valence-corrected chi connectivity index (χ0v) is 14.6. The van der Waals surface area contributed by atoms with Gasteiger partial charge in [-0.3, -0.25) is 0 Å². The lowest BCUT2D eigenvalue weighted by molar-refractivity contribution is 0.131. The van der Waals surface area contributed by atoms with Gasteiger partial charge in [-0.1, -0.05) is 25.1 Å². The van der Waals surface area contributed by atoms with E-state index < -0.39 is 11.2 Å². The summed E-state index contributed by atoms with van der Waals surface area (Å²) < 4.78 is 16.6. The van der Waals surface area contributed by atoms with Crippen molar-refractivity contribution in [1.29, 1.82) is 0 Å². The molecule has 0 saturated heterocycles. The summed E-state index contributed by atoms with van der Waals surface area (Å²) in [5.41, 5.74) is -0.957. The van der Waals surface area contributed by atoms with E-state index in [1.807, 2.05) is 39.8 Å². The molecule has 1 N–H and O–H groups in total. The van der Waals surface area contributed by atoms with Gasteiger partial charge in [-0.25, -0.2) is 4.79 Å². The molecule has 0 saturated carbocycles. The van der Waals surface area contributed by atoms with Gasteiger partial charge in [-0.15, -0.1) is 0 Å². The van der Waals surface area contributed by atoms with Crippen LogP contribution in [0.1, 0.15) is 40.5 Å². The second-order valence-corrected chi connectivity index (χ2v) is 6.43. The van der Waals surface area contributed by atoms with Crippen LogP contribution < -0.4 is 15.1 Å². The van der Waals surface area contributed by atoms with Crippen LogP contribution in [0.25, 0.3) is 11.0 Å². The zero-order valence-electron chi connectivity index (χ0n) is 14.6. The van der Waals surface area contributed by atoms with Crippen molar-refractivity contribution in [1.82, 2.24) is 0 Å². The minimum absolute atomic E-state index is 0.166. The van der Waals surface area contributed by atoms with Crippen LogP contribution in [0, 0.1) is 0 Å². The molecule has 5 nitrogen and oxygen atoms in total. The quantitative estimate of drug-likeness (QED) is 0.482. The smallest absolute Gasteiger partial charge is 0.383 e. The van der Waals surface area contributed by atoms with Crippen LogP contribution in [0.2, 0.25) is 0 Å². The Morgan fingerprint density at radius 1 is 1.25 bits per heavy atom. The molecule has 0 aliphatic carbocycles. The minimum atomic E-state index is -0.718. The number of hydrogen-bond donors (Lipinski definition) is 1. The maximum Gasteiger partial charge on any atom is 0.383 e. The second-order valence-electron chi connectivity index (χ2n) is 6.43. The van der Waals surface area contributed by atoms with E-state index in [-0.39, 0.29) is 17.1 Å². The Morgan fingerprint density at radius 3 is 2.67 bits per heavy atom. The Morgan fingerprint density at radius 2 is 2.00 bits per heavy atom. The number of aromatic hydroxyl groups is 1. The molecule has 0 atom stereocenters. The molecule has 2 rings (SSSR count). The van der Waals surface area contributed by atoms with E-state index in [0.717, 1.165) is 6.42 Å². The molecule has 1 heterocycles. The number of para-hydroxylation sites is 1. The summed E-state index contributed by atoms with van der Waals surface area (Å²) in [5, 5.41) is 10.8. The number of ether oxygens (including phenoxy) is 2. The fourth-order valence-corrected chi connectivity index (χ4v) is 2.22. The third kappa shape index (κ3) is 4.31. The summed E-state index contributed by atoms with van der Waals surface area (Å²) in [6, 6.07) is 5.09. The SMILES string of the molecule is CCC=CCCOc1c(O)c2cccc(OC(C)(C)C)c2oc1=O. The molecule has 0 fully saturated rings. The third-order valence-corrected chi connectivity index (χ3v) is 3.18. The van der Waals surface area contributed by atoms with Crippen molar-refractivity contribution in [2.75, 3.05) is 6.61 Å². The van der Waals surface area contributed by atoms with E-state index in [4.69, 9.17) is 13.9 Å². The Bertz CT molecular complexity index is 781. The van der Waals surface area contributed by atoms with Crippen molar-refractivity contribution in [3.05, 3.63) is 40.8 Å². The summed E-state index contributed by atoms with van der Waals surface area (Å²) >= 11 is 0. The Balaban J connectivity index is 2.36. The molecule has 130 valence electrons. The van der Waals surface area contributed by atoms with E-state index >= 15 is 0 Å². The molecule has 5 heteroatoms. The fourth-order valence-electron chi connectivity index (χ4n) is 2.22. The highest BCUT2D eigenvalue weighted by molar-refractivity contribution is 5.89. The van der Waals surface area contributed by atoms with Crippen molar-refractivity contribution in [2.45, 2.75) is 46.1 Å². The van der Waals surface area contributed by atoms with Gasteiger partial charge in [0.25, 0.3) is 0 Å². The molecule has 0 aliphatic rings. The predicted molar refractivity (Wildman–Crippen MR) is 94.1 cm³/mol. The van der Waals surface area contributed by atoms with E-state index in [1.54, 1.807) is 18.2 Å². The summed E-state index contributed by atoms with van der Waals surface area (Å²) in [7, 11) is 0. The third-order valence-electron chi connectivity index (χ3n) is 3.18. The van der Waals surface area contributed by atoms with Gasteiger partial charge in [0.1, 0.15) is 5.60 Å². The van der Waals surface area contributed by atoms with Crippen LogP contribution in [0.15, 0.2) is 39.6 Å². The highest BCUT2D eigenvalue weighted by atomic mass is 16.5. The molecule has 0 amide bonds. The van der Waals surface area contributed by atoms with Gasteiger partial charge < -0.3 is 19.0 Å². The van der Waals surface area contributed by atoms with Crippen LogP contribution >= 0.6 is 0 Å². The van der Waals surface area contributed by atoms with E-state index in [2.05, 4.69) is 0 Å². The summed E-state index contributed by atoms with van der Waals surface area (Å²) in [6.45, 7) is 8.01. The lowest BCUT2D eigenvalue weighted by Crippen LogP contribution is -2.23. The average molecular weight is 332 g/mol. The monoisotopic (exact) mass is 332 g/mol. The zero-order chi connectivity index (χ0) is 17.7. The number of hydrogen-bond acceptors (Lipinski definition) is 5. The number of fused-ring (bicyclic) bond motifs is 1. The first-order valence-electron chi connectivity index (χ1n) is 8.09. The molecule has 1 aromatic heterocycles. The lowest BCUT2D eigenvalue weighted by Gasteiger charge is -2.21. The summed E-state index contributed by atoms with van der Waals surface area (Å²) in [5.74, 6) is 0.0187. The van der Waals surface area contributed by atoms with Crippen LogP contribution in [0.3, 0.4) is 0 Å². The van der Waals surface area contributed by atoms with Crippen molar-refractivity contribution < 1.29 is 19.0 Å². The number of benzene rings is 1. The van der Waals surface area contributed by atoms with Gasteiger partial charge in [-0.05, 0) is 45.7 Å². The van der Waals surface area contributed by atoms with Crippen molar-refractivity contribution in [3.63, 3.8) is 0 Å². The molecule has 0 radical (unpaired) electrons. The molecular formula is C19H24O5. The number of rotatable bonds is 6. The highest BCUT2D eigenvalue weighted by Crippen LogP contribution is 2.36. The maximum atomic E-state index is 12.2. The topological polar surface area (TPSA) is 68.9 Å². The van der Waals surface area contributed by atoms with Gasteiger partial charge in [0.15, 0.2) is 17.1 Å². The lowest BCUT2D eigenvalue weighted by atomic mass is 10.1. The predicted octanol–water partition coefficient (Wildman–Crippen LogP) is 4.41. The molecule has 0 spiro atoms. The Hall–Kier alpha value is -2.43. The van der Waals surface area contributed by atoms with Crippen molar-refractivity contribution >= 4 is 11.0 Å². The fraction of sp³-hybridized carbons (Fsp3) is 0.421. The van der Waals surface area contributed by atoms with Gasteiger partial charge in [0.05, 0.1) is 12.0 Å². The maximum absolute atomic E-state index is 12.2.